The quantitative estimate of drug-likeness (QED) is 0.0127. The van der Waals surface area contributed by atoms with E-state index in [1.165, 1.54) is 19.3 Å². The van der Waals surface area contributed by atoms with Gasteiger partial charge in [0.2, 0.25) is 0 Å². The predicted molar refractivity (Wildman–Crippen MR) is 254 cm³/mol. The van der Waals surface area contributed by atoms with Crippen molar-refractivity contribution in [2.75, 3.05) is 26.4 Å². The zero-order valence-corrected chi connectivity index (χ0v) is 39.7. The molecule has 0 rings (SSSR count). The second-order valence-electron chi connectivity index (χ2n) is 14.4. The highest BCUT2D eigenvalue weighted by Crippen LogP contribution is 2.43. The number of unbranched alkanes of at least 4 members (excludes halogenated alkanes) is 4. The topological polar surface area (TPSA) is 216 Å². The summed E-state index contributed by atoms with van der Waals surface area (Å²) >= 11 is 0. The van der Waals surface area contributed by atoms with Gasteiger partial charge in [-0.1, -0.05) is 148 Å². The zero-order chi connectivity index (χ0) is 47.4. The minimum atomic E-state index is -4.89. The number of phosphoric acid groups is 2. The first-order valence-corrected chi connectivity index (χ1v) is 25.4. The van der Waals surface area contributed by atoms with Crippen LogP contribution in [0, 0.1) is 0 Å². The minimum absolute atomic E-state index is 0.0271. The third-order valence-corrected chi connectivity index (χ3v) is 9.85. The molecule has 4 atom stereocenters. The Morgan fingerprint density at radius 1 is 0.531 bits per heavy atom. The van der Waals surface area contributed by atoms with Gasteiger partial charge >= 0.3 is 27.6 Å². The van der Waals surface area contributed by atoms with Crippen LogP contribution in [0.2, 0.25) is 0 Å². The van der Waals surface area contributed by atoms with E-state index in [0.717, 1.165) is 44.9 Å². The maximum Gasteiger partial charge on any atom is 0.472 e. The smallest absolute Gasteiger partial charge is 0.462 e. The van der Waals surface area contributed by atoms with Crippen LogP contribution in [0.3, 0.4) is 0 Å². The van der Waals surface area contributed by atoms with Gasteiger partial charge in [-0.3, -0.25) is 23.2 Å². The molecule has 0 aromatic heterocycles. The van der Waals surface area contributed by atoms with E-state index in [1.54, 1.807) is 18.2 Å². The molecule has 0 saturated carbocycles. The molecule has 0 aromatic carbocycles. The first kappa shape index (κ1) is 60.5. The monoisotopic (exact) mass is 938 g/mol. The molecule has 14 nitrogen and oxygen atoms in total. The van der Waals surface area contributed by atoms with Gasteiger partial charge in [0.15, 0.2) is 6.10 Å². The summed E-state index contributed by atoms with van der Waals surface area (Å²) in [6.07, 6.45) is 49.5. The van der Waals surface area contributed by atoms with Crippen LogP contribution < -0.4 is 0 Å². The van der Waals surface area contributed by atoms with Crippen LogP contribution in [0.4, 0.5) is 0 Å². The summed E-state index contributed by atoms with van der Waals surface area (Å²) in [4.78, 5) is 52.7. The molecule has 16 heteroatoms. The van der Waals surface area contributed by atoms with Crippen molar-refractivity contribution in [3.8, 4) is 0 Å². The van der Waals surface area contributed by atoms with Crippen LogP contribution in [-0.2, 0) is 41.8 Å². The van der Waals surface area contributed by atoms with E-state index < -0.39 is 72.3 Å². The number of aliphatic hydroxyl groups is 2. The molecule has 0 saturated heterocycles. The van der Waals surface area contributed by atoms with Crippen LogP contribution in [0.15, 0.2) is 122 Å². The molecular weight excluding hydrogens is 862 g/mol. The number of phosphoric ester groups is 2. The molecular formula is C48H76O14P2. The van der Waals surface area contributed by atoms with Crippen molar-refractivity contribution >= 4 is 27.6 Å². The molecule has 0 aliphatic heterocycles. The number of allylic oxidation sites excluding steroid dienone is 18. The van der Waals surface area contributed by atoms with Crippen LogP contribution >= 0.6 is 15.6 Å². The Balaban J connectivity index is 4.82. The van der Waals surface area contributed by atoms with E-state index in [4.69, 9.17) is 23.8 Å². The molecule has 362 valence electrons. The van der Waals surface area contributed by atoms with E-state index in [2.05, 4.69) is 89.7 Å². The molecule has 0 aromatic rings. The standard InChI is InChI=1S/C48H76O14P2/c1-3-5-7-9-11-13-14-15-16-17-18-19-20-21-22-24-26-30-34-38-47(51)58-42-46(43-61-64(56,57)60-41-45(50)40-59-63(53,54)55)62-48(52)39-35-31-27-29-33-37-44(49)36-32-28-25-23-12-10-8-6-4-2/h5,7,11-13,15-16,18-19,21-23,26-30,32-33,37,44-46,49-50H,3-4,6,8-10,14,17,20,24-25,31,34-36,38-43H2,1-2H3,(H,56,57)(H2,53,54,55)/b7-5-,13-11-,16-15-,19-18-,22-21-,23-12-,29-27+,30-26-,32-28-,37-33-/t44?,45-,46+/m0/s1. The summed E-state index contributed by atoms with van der Waals surface area (Å²) < 4.78 is 47.6. The van der Waals surface area contributed by atoms with Crippen molar-refractivity contribution in [1.82, 2.24) is 0 Å². The number of ether oxygens (including phenoxy) is 2. The van der Waals surface area contributed by atoms with Crippen molar-refractivity contribution in [2.24, 2.45) is 0 Å². The number of hydrogen-bond acceptors (Lipinski definition) is 11. The first-order valence-electron chi connectivity index (χ1n) is 22.3. The van der Waals surface area contributed by atoms with Crippen LogP contribution in [0.5, 0.6) is 0 Å². The molecule has 0 spiro atoms. The van der Waals surface area contributed by atoms with Gasteiger partial charge in [0, 0.05) is 12.8 Å². The lowest BCUT2D eigenvalue weighted by atomic mass is 10.2. The normalized spacial score (nSPS) is 15.5. The Hall–Kier alpha value is -3.52. The molecule has 0 heterocycles. The Labute approximate surface area is 382 Å². The Bertz CT molecular complexity index is 1600. The highest BCUT2D eigenvalue weighted by atomic mass is 31.2. The van der Waals surface area contributed by atoms with E-state index in [9.17, 15) is 33.8 Å². The fourth-order valence-electron chi connectivity index (χ4n) is 5.03. The summed E-state index contributed by atoms with van der Waals surface area (Å²) in [5.74, 6) is -1.27. The van der Waals surface area contributed by atoms with Crippen molar-refractivity contribution in [3.63, 3.8) is 0 Å². The number of carbonyl (C=O) groups is 2. The fourth-order valence-corrected chi connectivity index (χ4v) is 6.19. The summed E-state index contributed by atoms with van der Waals surface area (Å²) in [5.41, 5.74) is 0. The van der Waals surface area contributed by atoms with Gasteiger partial charge in [-0.2, -0.15) is 0 Å². The van der Waals surface area contributed by atoms with Gasteiger partial charge in [-0.25, -0.2) is 9.13 Å². The number of rotatable bonds is 40. The maximum absolute atomic E-state index is 12.7. The lowest BCUT2D eigenvalue weighted by Crippen LogP contribution is -2.29. The summed E-state index contributed by atoms with van der Waals surface area (Å²) in [5, 5.41) is 19.9. The largest absolute Gasteiger partial charge is 0.472 e. The highest BCUT2D eigenvalue weighted by Gasteiger charge is 2.28. The van der Waals surface area contributed by atoms with Crippen LogP contribution in [0.1, 0.15) is 123 Å². The van der Waals surface area contributed by atoms with Gasteiger partial charge in [-0.05, 0) is 83.5 Å². The number of hydrogen-bond donors (Lipinski definition) is 5. The summed E-state index contributed by atoms with van der Waals surface area (Å²) in [6.45, 7) is 1.34. The number of aliphatic hydroxyl groups excluding tert-OH is 2. The average molecular weight is 939 g/mol. The van der Waals surface area contributed by atoms with E-state index >= 15 is 0 Å². The lowest BCUT2D eigenvalue weighted by Gasteiger charge is -2.20. The number of carbonyl (C=O) groups excluding carboxylic acids is 2. The van der Waals surface area contributed by atoms with Gasteiger partial charge in [0.1, 0.15) is 12.7 Å². The second-order valence-corrected chi connectivity index (χ2v) is 17.1. The van der Waals surface area contributed by atoms with Crippen LogP contribution in [0.25, 0.3) is 0 Å². The van der Waals surface area contributed by atoms with Crippen molar-refractivity contribution in [2.45, 2.75) is 141 Å². The van der Waals surface area contributed by atoms with Gasteiger partial charge < -0.3 is 34.4 Å². The molecule has 0 amide bonds. The Morgan fingerprint density at radius 2 is 1.05 bits per heavy atom. The average Bonchev–Trinajstić information content (AvgIpc) is 3.25. The fraction of sp³-hybridized carbons (Fsp3) is 0.542. The Kier molecular flexibility index (Phi) is 39.8. The molecule has 2 unspecified atom stereocenters. The van der Waals surface area contributed by atoms with Gasteiger partial charge in [0.05, 0.1) is 25.9 Å². The van der Waals surface area contributed by atoms with Crippen LogP contribution in [-0.4, -0.2) is 81.6 Å². The third-order valence-electron chi connectivity index (χ3n) is 8.42. The molecule has 64 heavy (non-hydrogen) atoms. The highest BCUT2D eigenvalue weighted by molar-refractivity contribution is 7.47. The second kappa shape index (κ2) is 42.1. The van der Waals surface area contributed by atoms with Crippen molar-refractivity contribution in [3.05, 3.63) is 122 Å². The molecule has 0 radical (unpaired) electrons. The lowest BCUT2D eigenvalue weighted by molar-refractivity contribution is -0.161. The first-order chi connectivity index (χ1) is 30.8. The zero-order valence-electron chi connectivity index (χ0n) is 37.9. The third kappa shape index (κ3) is 45.1. The molecule has 5 N–H and O–H groups in total. The van der Waals surface area contributed by atoms with Crippen molar-refractivity contribution in [1.29, 1.82) is 0 Å². The minimum Gasteiger partial charge on any atom is -0.462 e. The summed E-state index contributed by atoms with van der Waals surface area (Å²) in [7, 11) is -9.77. The molecule has 0 fully saturated rings. The molecule has 0 aliphatic rings. The Morgan fingerprint density at radius 3 is 1.62 bits per heavy atom. The number of esters is 2. The van der Waals surface area contributed by atoms with Gasteiger partial charge in [0.25, 0.3) is 0 Å². The summed E-state index contributed by atoms with van der Waals surface area (Å²) in [6, 6.07) is 0. The predicted octanol–water partition coefficient (Wildman–Crippen LogP) is 10.6. The van der Waals surface area contributed by atoms with Crippen molar-refractivity contribution < 1.29 is 66.7 Å². The van der Waals surface area contributed by atoms with E-state index in [0.29, 0.717) is 32.1 Å². The van der Waals surface area contributed by atoms with Gasteiger partial charge in [-0.15, -0.1) is 0 Å². The maximum atomic E-state index is 12.7. The molecule has 0 aliphatic carbocycles. The van der Waals surface area contributed by atoms with E-state index in [-0.39, 0.29) is 12.8 Å². The SMILES string of the molecule is CC/C=C\C/C=C\C/C=C\C/C=C\C/C=C\C/C=C\CCC(=O)OC[C@H](COP(=O)(O)OC[C@@H](O)COP(=O)(O)O)OC(=O)CCC/C=C/C=C\C(O)C/C=C\C/C=C\CCCCC. The van der Waals surface area contributed by atoms with E-state index in [1.807, 2.05) is 36.5 Å². The molecule has 0 bridgehead atoms.